The van der Waals surface area contributed by atoms with Crippen molar-refractivity contribution in [3.63, 3.8) is 0 Å². The molecule has 0 fully saturated rings. The standard InChI is InChI=1S/C40H26N4O4/c45-37-21-5-1-4-8-30(21)42-34-18-28-35(15-25(34)37)43-31-12-10-19(13-24(31)40(28)48)20-9-11-23-32(14-20)44-36-17-26-33(16-27(36)39(23)47)41-29-7-3-2-6-22(29)38(26)46/h1-14,16-17,39,44,47H,15,18H2,(H,41,46)(H,42,45)(H,43,48). The molecular formula is C40H26N4O4. The summed E-state index contributed by atoms with van der Waals surface area (Å²) in [6, 6.07) is 30.1. The van der Waals surface area contributed by atoms with Crippen LogP contribution in [0.1, 0.15) is 39.7 Å². The Balaban J connectivity index is 1.04. The van der Waals surface area contributed by atoms with Gasteiger partial charge in [-0.15, -0.1) is 0 Å². The molecule has 48 heavy (non-hydrogen) atoms. The molecule has 230 valence electrons. The Morgan fingerprint density at radius 2 is 1.06 bits per heavy atom. The fourth-order valence-electron chi connectivity index (χ4n) is 7.63. The smallest absolute Gasteiger partial charge is 0.197 e. The van der Waals surface area contributed by atoms with Crippen molar-refractivity contribution in [1.29, 1.82) is 0 Å². The average Bonchev–Trinajstić information content (AvgIpc) is 3.11. The Hall–Kier alpha value is -6.25. The van der Waals surface area contributed by atoms with Crippen LogP contribution in [0.5, 0.6) is 0 Å². The van der Waals surface area contributed by atoms with Crippen LogP contribution in [-0.4, -0.2) is 20.1 Å². The first kappa shape index (κ1) is 26.9. The second kappa shape index (κ2) is 9.63. The average molecular weight is 627 g/mol. The quantitative estimate of drug-likeness (QED) is 0.130. The van der Waals surface area contributed by atoms with Gasteiger partial charge in [0, 0.05) is 96.0 Å². The van der Waals surface area contributed by atoms with Crippen LogP contribution < -0.4 is 21.6 Å². The number of rotatable bonds is 1. The van der Waals surface area contributed by atoms with Crippen LogP contribution >= 0.6 is 0 Å². The minimum Gasteiger partial charge on any atom is -0.383 e. The van der Waals surface area contributed by atoms with E-state index in [-0.39, 0.29) is 16.3 Å². The first-order chi connectivity index (χ1) is 23.4. The van der Waals surface area contributed by atoms with E-state index < -0.39 is 6.10 Å². The van der Waals surface area contributed by atoms with Crippen LogP contribution in [0.2, 0.25) is 0 Å². The molecule has 8 aromatic rings. The summed E-state index contributed by atoms with van der Waals surface area (Å²) < 4.78 is 0. The summed E-state index contributed by atoms with van der Waals surface area (Å²) in [4.78, 5) is 50.8. The number of anilines is 2. The van der Waals surface area contributed by atoms with Gasteiger partial charge in [-0.25, -0.2) is 0 Å². The Bertz CT molecular complexity index is 2920. The molecule has 5 N–H and O–H groups in total. The number of aromatic nitrogens is 3. The Morgan fingerprint density at radius 3 is 1.81 bits per heavy atom. The lowest BCUT2D eigenvalue weighted by Crippen LogP contribution is -2.25. The molecule has 0 saturated heterocycles. The minimum absolute atomic E-state index is 0.00328. The van der Waals surface area contributed by atoms with Crippen LogP contribution in [-0.2, 0) is 12.8 Å². The lowest BCUT2D eigenvalue weighted by Gasteiger charge is -2.27. The highest BCUT2D eigenvalue weighted by atomic mass is 16.3. The van der Waals surface area contributed by atoms with Crippen LogP contribution in [0, 0.1) is 0 Å². The number of hydrogen-bond acceptors (Lipinski definition) is 5. The first-order valence-electron chi connectivity index (χ1n) is 15.9. The van der Waals surface area contributed by atoms with E-state index in [9.17, 15) is 19.5 Å². The first-order valence-corrected chi connectivity index (χ1v) is 15.9. The molecular weight excluding hydrogens is 600 g/mol. The zero-order chi connectivity index (χ0) is 32.3. The van der Waals surface area contributed by atoms with E-state index in [1.807, 2.05) is 97.1 Å². The molecule has 0 spiro atoms. The van der Waals surface area contributed by atoms with Crippen molar-refractivity contribution in [3.05, 3.63) is 161 Å². The van der Waals surface area contributed by atoms with Crippen LogP contribution in [0.25, 0.3) is 54.7 Å². The maximum absolute atomic E-state index is 14.0. The van der Waals surface area contributed by atoms with Gasteiger partial charge >= 0.3 is 0 Å². The third kappa shape index (κ3) is 3.77. The summed E-state index contributed by atoms with van der Waals surface area (Å²) in [5, 5.41) is 17.3. The third-order valence-electron chi connectivity index (χ3n) is 10.1. The number of hydrogen-bond donors (Lipinski definition) is 5. The fraction of sp³-hybridized carbons (Fsp3) is 0.0750. The molecule has 1 aliphatic heterocycles. The van der Waals surface area contributed by atoms with Crippen molar-refractivity contribution < 1.29 is 5.11 Å². The van der Waals surface area contributed by atoms with Gasteiger partial charge in [0.15, 0.2) is 16.3 Å². The highest BCUT2D eigenvalue weighted by molar-refractivity contribution is 5.96. The number of aliphatic hydroxyl groups is 1. The fourth-order valence-corrected chi connectivity index (χ4v) is 7.63. The highest BCUT2D eigenvalue weighted by Crippen LogP contribution is 2.43. The van der Waals surface area contributed by atoms with Gasteiger partial charge in [0.05, 0.1) is 5.52 Å². The van der Waals surface area contributed by atoms with Crippen LogP contribution in [0.3, 0.4) is 0 Å². The molecule has 1 aliphatic carbocycles. The molecule has 4 heterocycles. The largest absolute Gasteiger partial charge is 0.383 e. The number of benzene rings is 5. The van der Waals surface area contributed by atoms with Gasteiger partial charge < -0.3 is 25.4 Å². The van der Waals surface area contributed by atoms with Gasteiger partial charge in [-0.05, 0) is 65.7 Å². The summed E-state index contributed by atoms with van der Waals surface area (Å²) in [7, 11) is 0. The molecule has 5 aromatic carbocycles. The molecule has 2 aliphatic rings. The summed E-state index contributed by atoms with van der Waals surface area (Å²) in [6.45, 7) is 0. The number of aromatic amines is 3. The second-order valence-electron chi connectivity index (χ2n) is 12.8. The number of para-hydroxylation sites is 2. The number of nitrogens with one attached hydrogen (secondary N) is 4. The summed E-state index contributed by atoms with van der Waals surface area (Å²) in [5.74, 6) is 0. The maximum atomic E-state index is 14.0. The predicted molar refractivity (Wildman–Crippen MR) is 190 cm³/mol. The molecule has 8 nitrogen and oxygen atoms in total. The summed E-state index contributed by atoms with van der Waals surface area (Å²) >= 11 is 0. The predicted octanol–water partition coefficient (Wildman–Crippen LogP) is 6.67. The SMILES string of the molecule is O=c1c2c([nH]c3ccccc13)Cc1c([nH]c3ccc(-c4ccc5c(c4)Nc4cc6c(=O)c7ccccc7[nH]c6cc4C5O)cc3c1=O)C2. The number of fused-ring (bicyclic) bond motifs is 8. The highest BCUT2D eigenvalue weighted by Gasteiger charge is 2.27. The number of H-pyrrole nitrogens is 3. The lowest BCUT2D eigenvalue weighted by atomic mass is 9.89. The van der Waals surface area contributed by atoms with Crippen LogP contribution in [0.15, 0.2) is 111 Å². The van der Waals surface area contributed by atoms with E-state index >= 15 is 0 Å². The molecule has 0 bridgehead atoms. The molecule has 0 saturated carbocycles. The molecule has 1 unspecified atom stereocenters. The van der Waals surface area contributed by atoms with Crippen molar-refractivity contribution in [1.82, 2.24) is 15.0 Å². The molecule has 3 aromatic heterocycles. The van der Waals surface area contributed by atoms with E-state index in [4.69, 9.17) is 0 Å². The van der Waals surface area contributed by atoms with Crippen molar-refractivity contribution in [2.45, 2.75) is 18.9 Å². The second-order valence-corrected chi connectivity index (χ2v) is 12.8. The number of pyridine rings is 3. The van der Waals surface area contributed by atoms with E-state index in [1.165, 1.54) is 0 Å². The molecule has 0 amide bonds. The Kier molecular flexibility index (Phi) is 5.40. The Morgan fingerprint density at radius 1 is 0.500 bits per heavy atom. The lowest BCUT2D eigenvalue weighted by molar-refractivity contribution is 0.220. The van der Waals surface area contributed by atoms with E-state index in [0.29, 0.717) is 67.8 Å². The van der Waals surface area contributed by atoms with Gasteiger partial charge in [0.1, 0.15) is 6.10 Å². The summed E-state index contributed by atoms with van der Waals surface area (Å²) in [6.07, 6.45) is -0.162. The summed E-state index contributed by atoms with van der Waals surface area (Å²) in [5.41, 5.74) is 10.3. The van der Waals surface area contributed by atoms with Gasteiger partial charge in [0.25, 0.3) is 0 Å². The van der Waals surface area contributed by atoms with Gasteiger partial charge in [-0.3, -0.25) is 14.4 Å². The van der Waals surface area contributed by atoms with E-state index in [1.54, 1.807) is 0 Å². The molecule has 1 atom stereocenters. The minimum atomic E-state index is -0.887. The van der Waals surface area contributed by atoms with E-state index in [2.05, 4.69) is 20.3 Å². The van der Waals surface area contributed by atoms with Crippen molar-refractivity contribution >= 4 is 55.0 Å². The normalized spacial score (nSPS) is 14.8. The van der Waals surface area contributed by atoms with Crippen molar-refractivity contribution in [2.75, 3.05) is 5.32 Å². The molecule has 10 rings (SSSR count). The number of aliphatic hydroxyl groups excluding tert-OH is 1. The Labute approximate surface area is 271 Å². The third-order valence-corrected chi connectivity index (χ3v) is 10.1. The maximum Gasteiger partial charge on any atom is 0.197 e. The topological polar surface area (TPSA) is 131 Å². The zero-order valence-electron chi connectivity index (χ0n) is 25.4. The van der Waals surface area contributed by atoms with Crippen LogP contribution in [0.4, 0.5) is 11.4 Å². The van der Waals surface area contributed by atoms with Gasteiger partial charge in [-0.2, -0.15) is 0 Å². The zero-order valence-corrected chi connectivity index (χ0v) is 25.4. The van der Waals surface area contributed by atoms with Crippen molar-refractivity contribution in [2.24, 2.45) is 0 Å². The van der Waals surface area contributed by atoms with Gasteiger partial charge in [-0.1, -0.05) is 42.5 Å². The molecule has 8 heteroatoms. The monoisotopic (exact) mass is 626 g/mol. The van der Waals surface area contributed by atoms with E-state index in [0.717, 1.165) is 44.8 Å². The van der Waals surface area contributed by atoms with Crippen molar-refractivity contribution in [3.8, 4) is 11.1 Å². The van der Waals surface area contributed by atoms with Gasteiger partial charge in [0.2, 0.25) is 0 Å². The molecule has 0 radical (unpaired) electrons.